The number of carbonyl (C=O) groups is 2. The zero-order valence-electron chi connectivity index (χ0n) is 11.9. The number of hydrogen-bond acceptors (Lipinski definition) is 2. The molecular weight excluding hydrogens is 332 g/mol. The summed E-state index contributed by atoms with van der Waals surface area (Å²) in [5.41, 5.74) is 0.435. The van der Waals surface area contributed by atoms with Gasteiger partial charge >= 0.3 is 5.97 Å². The van der Waals surface area contributed by atoms with E-state index in [1.807, 2.05) is 0 Å². The lowest BCUT2D eigenvalue weighted by molar-refractivity contribution is -0.141. The Labute approximate surface area is 137 Å². The molecule has 1 amide bonds. The van der Waals surface area contributed by atoms with Crippen LogP contribution in [0.25, 0.3) is 0 Å². The lowest BCUT2D eigenvalue weighted by atomic mass is 10.0. The Balaban J connectivity index is 2.03. The summed E-state index contributed by atoms with van der Waals surface area (Å²) in [6.45, 7) is 1.69. The van der Waals surface area contributed by atoms with Gasteiger partial charge in [-0.05, 0) is 43.9 Å². The summed E-state index contributed by atoms with van der Waals surface area (Å²) in [5, 5.41) is 11.9. The van der Waals surface area contributed by atoms with Gasteiger partial charge in [0.25, 0.3) is 0 Å². The minimum Gasteiger partial charge on any atom is -0.481 e. The van der Waals surface area contributed by atoms with Gasteiger partial charge in [0.05, 0.1) is 17.0 Å². The third kappa shape index (κ3) is 3.70. The molecule has 2 N–H and O–H groups in total. The van der Waals surface area contributed by atoms with Crippen LogP contribution >= 0.6 is 23.2 Å². The first-order valence-corrected chi connectivity index (χ1v) is 7.72. The van der Waals surface area contributed by atoms with Crippen molar-refractivity contribution >= 4 is 35.1 Å². The van der Waals surface area contributed by atoms with Gasteiger partial charge in [0, 0.05) is 10.9 Å². The van der Waals surface area contributed by atoms with E-state index in [4.69, 9.17) is 28.3 Å². The molecule has 4 nitrogen and oxygen atoms in total. The van der Waals surface area contributed by atoms with Gasteiger partial charge in [0.2, 0.25) is 5.91 Å². The molecule has 0 bridgehead atoms. The van der Waals surface area contributed by atoms with Crippen molar-refractivity contribution in [2.75, 3.05) is 0 Å². The summed E-state index contributed by atoms with van der Waals surface area (Å²) in [4.78, 5) is 23.1. The van der Waals surface area contributed by atoms with Crippen LogP contribution in [0.5, 0.6) is 0 Å². The number of hydrogen-bond donors (Lipinski definition) is 2. The standard InChI is InChI=1S/C15H16Cl2FNO3/c1-7(10-5-13(18)12(17)6-11(10)16)19-14(20)8-2-3-9(4-8)15(21)22/h5-9H,2-4H2,1H3,(H,19,20)(H,21,22)/t7?,8-,9+/m1/s1. The predicted molar refractivity (Wildman–Crippen MR) is 81.4 cm³/mol. The highest BCUT2D eigenvalue weighted by Gasteiger charge is 2.34. The molecule has 1 aliphatic rings. The number of benzene rings is 1. The van der Waals surface area contributed by atoms with E-state index in [2.05, 4.69) is 5.32 Å². The average molecular weight is 348 g/mol. The van der Waals surface area contributed by atoms with E-state index >= 15 is 0 Å². The molecule has 22 heavy (non-hydrogen) atoms. The molecule has 0 heterocycles. The Bertz CT molecular complexity index is 609. The number of carboxylic acid groups (broad SMARTS) is 1. The summed E-state index contributed by atoms with van der Waals surface area (Å²) in [6, 6.07) is 2.01. The van der Waals surface area contributed by atoms with Crippen LogP contribution < -0.4 is 5.32 Å². The van der Waals surface area contributed by atoms with Gasteiger partial charge in [0.1, 0.15) is 5.82 Å². The maximum absolute atomic E-state index is 13.5. The number of halogens is 3. The highest BCUT2D eigenvalue weighted by atomic mass is 35.5. The van der Waals surface area contributed by atoms with E-state index in [9.17, 15) is 14.0 Å². The van der Waals surface area contributed by atoms with Crippen LogP contribution in [-0.2, 0) is 9.59 Å². The van der Waals surface area contributed by atoms with E-state index in [0.29, 0.717) is 24.8 Å². The molecule has 7 heteroatoms. The molecule has 1 fully saturated rings. The highest BCUT2D eigenvalue weighted by Crippen LogP contribution is 2.33. The number of carboxylic acids is 1. The molecule has 1 aromatic carbocycles. The number of amides is 1. The van der Waals surface area contributed by atoms with Crippen molar-refractivity contribution in [1.82, 2.24) is 5.32 Å². The number of nitrogens with one attached hydrogen (secondary N) is 1. The second-order valence-corrected chi connectivity index (χ2v) is 6.38. The maximum Gasteiger partial charge on any atom is 0.306 e. The fourth-order valence-corrected chi connectivity index (χ4v) is 3.27. The summed E-state index contributed by atoms with van der Waals surface area (Å²) in [5.74, 6) is -2.51. The highest BCUT2D eigenvalue weighted by molar-refractivity contribution is 6.35. The smallest absolute Gasteiger partial charge is 0.306 e. The molecule has 1 aromatic rings. The van der Waals surface area contributed by atoms with Gasteiger partial charge in [-0.25, -0.2) is 4.39 Å². The van der Waals surface area contributed by atoms with Gasteiger partial charge in [-0.15, -0.1) is 0 Å². The second-order valence-electron chi connectivity index (χ2n) is 5.56. The molecule has 0 aliphatic heterocycles. The second kappa shape index (κ2) is 6.84. The van der Waals surface area contributed by atoms with Gasteiger partial charge < -0.3 is 10.4 Å². The molecule has 0 spiro atoms. The first-order valence-electron chi connectivity index (χ1n) is 6.97. The largest absolute Gasteiger partial charge is 0.481 e. The zero-order chi connectivity index (χ0) is 16.4. The van der Waals surface area contributed by atoms with Crippen molar-refractivity contribution in [3.05, 3.63) is 33.6 Å². The number of carbonyl (C=O) groups excluding carboxylic acids is 1. The first-order chi connectivity index (χ1) is 10.3. The van der Waals surface area contributed by atoms with Gasteiger partial charge in [-0.2, -0.15) is 0 Å². The Hall–Kier alpha value is -1.33. The molecule has 0 radical (unpaired) electrons. The van der Waals surface area contributed by atoms with Gasteiger partial charge in [0.15, 0.2) is 0 Å². The number of rotatable bonds is 4. The van der Waals surface area contributed by atoms with Crippen molar-refractivity contribution in [2.45, 2.75) is 32.2 Å². The molecule has 3 atom stereocenters. The fraction of sp³-hybridized carbons (Fsp3) is 0.467. The normalized spacial score (nSPS) is 22.4. The van der Waals surface area contributed by atoms with E-state index in [-0.39, 0.29) is 21.9 Å². The monoisotopic (exact) mass is 347 g/mol. The molecule has 0 saturated heterocycles. The van der Waals surface area contributed by atoms with Crippen molar-refractivity contribution in [2.24, 2.45) is 11.8 Å². The third-order valence-electron chi connectivity index (χ3n) is 4.02. The first kappa shape index (κ1) is 17.0. The minimum atomic E-state index is -0.869. The summed E-state index contributed by atoms with van der Waals surface area (Å²) in [7, 11) is 0. The average Bonchev–Trinajstić information content (AvgIpc) is 2.92. The van der Waals surface area contributed by atoms with Crippen LogP contribution in [0, 0.1) is 17.7 Å². The van der Waals surface area contributed by atoms with Crippen LogP contribution in [0.1, 0.15) is 37.8 Å². The summed E-state index contributed by atoms with van der Waals surface area (Å²) in [6.07, 6.45) is 1.37. The van der Waals surface area contributed by atoms with Gasteiger partial charge in [-0.1, -0.05) is 23.2 Å². The fourth-order valence-electron chi connectivity index (χ4n) is 2.72. The van der Waals surface area contributed by atoms with E-state index in [1.54, 1.807) is 6.92 Å². The number of aliphatic carboxylic acids is 1. The molecule has 1 unspecified atom stereocenters. The Morgan fingerprint density at radius 1 is 1.27 bits per heavy atom. The lowest BCUT2D eigenvalue weighted by Gasteiger charge is -2.19. The Kier molecular flexibility index (Phi) is 5.29. The van der Waals surface area contributed by atoms with Crippen molar-refractivity contribution < 1.29 is 19.1 Å². The van der Waals surface area contributed by atoms with Gasteiger partial charge in [-0.3, -0.25) is 9.59 Å². The maximum atomic E-state index is 13.5. The van der Waals surface area contributed by atoms with Crippen LogP contribution in [0.15, 0.2) is 12.1 Å². The topological polar surface area (TPSA) is 66.4 Å². The summed E-state index contributed by atoms with van der Waals surface area (Å²) < 4.78 is 13.5. The molecule has 2 rings (SSSR count). The lowest BCUT2D eigenvalue weighted by Crippen LogP contribution is -2.32. The van der Waals surface area contributed by atoms with E-state index in [0.717, 1.165) is 0 Å². The van der Waals surface area contributed by atoms with Crippen LogP contribution in [0.3, 0.4) is 0 Å². The molecular formula is C15H16Cl2FNO3. The Morgan fingerprint density at radius 2 is 1.91 bits per heavy atom. The molecule has 0 aromatic heterocycles. The van der Waals surface area contributed by atoms with E-state index in [1.165, 1.54) is 12.1 Å². The molecule has 1 saturated carbocycles. The third-order valence-corrected chi connectivity index (χ3v) is 4.63. The van der Waals surface area contributed by atoms with Crippen LogP contribution in [-0.4, -0.2) is 17.0 Å². The SMILES string of the molecule is CC(NC(=O)[C@@H]1CC[C@H](C(=O)O)C1)c1cc(F)c(Cl)cc1Cl. The molecule has 1 aliphatic carbocycles. The van der Waals surface area contributed by atoms with Crippen molar-refractivity contribution in [3.8, 4) is 0 Å². The quantitative estimate of drug-likeness (QED) is 0.813. The molecule has 120 valence electrons. The minimum absolute atomic E-state index is 0.0765. The van der Waals surface area contributed by atoms with E-state index < -0.39 is 23.7 Å². The Morgan fingerprint density at radius 3 is 2.50 bits per heavy atom. The van der Waals surface area contributed by atoms with Crippen LogP contribution in [0.4, 0.5) is 4.39 Å². The van der Waals surface area contributed by atoms with Crippen LogP contribution in [0.2, 0.25) is 10.0 Å². The zero-order valence-corrected chi connectivity index (χ0v) is 13.4. The summed E-state index contributed by atoms with van der Waals surface area (Å²) >= 11 is 11.7. The predicted octanol–water partition coefficient (Wildman–Crippen LogP) is 3.81. The van der Waals surface area contributed by atoms with Crippen molar-refractivity contribution in [1.29, 1.82) is 0 Å². The van der Waals surface area contributed by atoms with Crippen molar-refractivity contribution in [3.63, 3.8) is 0 Å².